The van der Waals surface area contributed by atoms with Gasteiger partial charge in [-0.3, -0.25) is 14.6 Å². The number of ether oxygens (including phenoxy) is 1. The number of aromatic nitrogens is 3. The number of aryl methyl sites for hydroxylation is 1. The number of benzene rings is 1. The summed E-state index contributed by atoms with van der Waals surface area (Å²) in [5.41, 5.74) is 9.94. The van der Waals surface area contributed by atoms with Gasteiger partial charge in [0, 0.05) is 80.3 Å². The molecule has 4 heterocycles. The zero-order valence-corrected chi connectivity index (χ0v) is 23.7. The van der Waals surface area contributed by atoms with E-state index in [-0.39, 0.29) is 17.4 Å². The monoisotopic (exact) mass is 642 g/mol. The van der Waals surface area contributed by atoms with Crippen LogP contribution in [0.5, 0.6) is 0 Å². The smallest absolute Gasteiger partial charge is 0.278 e. The molecule has 0 atom stereocenters. The molecule has 0 aliphatic carbocycles. The summed E-state index contributed by atoms with van der Waals surface area (Å²) in [6.45, 7) is 6.07. The fourth-order valence-electron chi connectivity index (χ4n) is 4.63. The fraction of sp³-hybridized carbons (Fsp3) is 0.370. The maximum absolute atomic E-state index is 13.2. The molecule has 1 aromatic carbocycles. The molecule has 0 bridgehead atoms. The van der Waals surface area contributed by atoms with Gasteiger partial charge in [-0.15, -0.1) is 0 Å². The van der Waals surface area contributed by atoms with Crippen molar-refractivity contribution in [2.75, 3.05) is 68.4 Å². The number of pyridine rings is 1. The molecule has 11 nitrogen and oxygen atoms in total. The highest BCUT2D eigenvalue weighted by Crippen LogP contribution is 2.27. The Bertz CT molecular complexity index is 1310. The molecule has 3 N–H and O–H groups in total. The van der Waals surface area contributed by atoms with Crippen LogP contribution in [0.15, 0.2) is 48.9 Å². The lowest BCUT2D eigenvalue weighted by molar-refractivity contribution is -0.132. The molecule has 0 radical (unpaired) electrons. The highest BCUT2D eigenvalue weighted by Gasteiger charge is 2.21. The van der Waals surface area contributed by atoms with Crippen LogP contribution in [0.1, 0.15) is 22.5 Å². The molecule has 39 heavy (non-hydrogen) atoms. The summed E-state index contributed by atoms with van der Waals surface area (Å²) in [6, 6.07) is 9.68. The number of piperazine rings is 1. The summed E-state index contributed by atoms with van der Waals surface area (Å²) in [4.78, 5) is 42.8. The Morgan fingerprint density at radius 2 is 1.74 bits per heavy atom. The quantitative estimate of drug-likeness (QED) is 0.295. The number of anilines is 3. The van der Waals surface area contributed by atoms with E-state index in [1.54, 1.807) is 18.6 Å². The number of hydrogen-bond donors (Lipinski definition) is 2. The van der Waals surface area contributed by atoms with Gasteiger partial charge in [0.25, 0.3) is 5.91 Å². The molecule has 3 aromatic rings. The first-order valence-corrected chi connectivity index (χ1v) is 13.9. The maximum Gasteiger partial charge on any atom is 0.278 e. The van der Waals surface area contributed by atoms with Crippen LogP contribution in [0.2, 0.25) is 0 Å². The van der Waals surface area contributed by atoms with Crippen LogP contribution in [0.25, 0.3) is 11.3 Å². The van der Waals surface area contributed by atoms with Crippen molar-refractivity contribution in [1.82, 2.24) is 23.0 Å². The summed E-state index contributed by atoms with van der Waals surface area (Å²) in [5, 5.41) is 2.90. The number of carbonyl (C=O) groups excluding carboxylic acids is 2. The van der Waals surface area contributed by atoms with E-state index < -0.39 is 5.91 Å². The Labute approximate surface area is 241 Å². The number of hydrogen-bond acceptors (Lipinski definition) is 9. The SMILES string of the molecule is Nc1ncc(-c2ccc(CCC(=O)N3CCN(I)CC3)cc2)nc1C(=O)Nc1cnccc1N1CCOCC1. The van der Waals surface area contributed by atoms with Gasteiger partial charge in [0.1, 0.15) is 0 Å². The zero-order chi connectivity index (χ0) is 27.2. The normalized spacial score (nSPS) is 16.2. The first kappa shape index (κ1) is 27.2. The van der Waals surface area contributed by atoms with Gasteiger partial charge in [0.05, 0.1) is 42.7 Å². The van der Waals surface area contributed by atoms with Crippen molar-refractivity contribution >= 4 is 51.9 Å². The van der Waals surface area contributed by atoms with Crippen LogP contribution < -0.4 is 16.0 Å². The molecule has 0 saturated carbocycles. The number of nitrogens with one attached hydrogen (secondary N) is 1. The highest BCUT2D eigenvalue weighted by atomic mass is 127. The van der Waals surface area contributed by atoms with Crippen molar-refractivity contribution in [3.8, 4) is 11.3 Å². The van der Waals surface area contributed by atoms with Gasteiger partial charge in [-0.05, 0) is 18.1 Å². The van der Waals surface area contributed by atoms with Crippen molar-refractivity contribution in [2.24, 2.45) is 0 Å². The third kappa shape index (κ3) is 6.81. The molecule has 2 aromatic heterocycles. The van der Waals surface area contributed by atoms with Gasteiger partial charge >= 0.3 is 0 Å². The molecule has 12 heteroatoms. The minimum Gasteiger partial charge on any atom is -0.382 e. The summed E-state index contributed by atoms with van der Waals surface area (Å²) < 4.78 is 7.65. The van der Waals surface area contributed by atoms with Gasteiger partial charge in [-0.1, -0.05) is 24.3 Å². The van der Waals surface area contributed by atoms with E-state index in [0.29, 0.717) is 37.4 Å². The Kier molecular flexibility index (Phi) is 8.84. The standard InChI is InChI=1S/C27H31IN8O3/c28-36-11-9-35(10-12-36)24(37)6-3-19-1-4-20(5-2-19)21-18-31-26(29)25(32-21)27(38)33-22-17-30-8-7-23(22)34-13-15-39-16-14-34/h1-2,4-5,7-8,17-18H,3,6,9-16H2,(H2,29,31)(H,33,38). The predicted molar refractivity (Wildman–Crippen MR) is 158 cm³/mol. The lowest BCUT2D eigenvalue weighted by Crippen LogP contribution is -2.45. The summed E-state index contributed by atoms with van der Waals surface area (Å²) in [5.74, 6) is -0.219. The molecular weight excluding hydrogens is 611 g/mol. The molecule has 204 valence electrons. The molecule has 2 amide bonds. The van der Waals surface area contributed by atoms with Crippen LogP contribution in [0.3, 0.4) is 0 Å². The number of nitrogens with zero attached hydrogens (tertiary/aromatic N) is 6. The van der Waals surface area contributed by atoms with Crippen molar-refractivity contribution in [2.45, 2.75) is 12.8 Å². The van der Waals surface area contributed by atoms with Crippen molar-refractivity contribution in [3.63, 3.8) is 0 Å². The summed E-state index contributed by atoms with van der Waals surface area (Å²) in [6.07, 6.45) is 6.01. The van der Waals surface area contributed by atoms with E-state index in [0.717, 1.165) is 56.1 Å². The van der Waals surface area contributed by atoms with E-state index >= 15 is 0 Å². The van der Waals surface area contributed by atoms with Gasteiger partial charge in [0.15, 0.2) is 11.5 Å². The largest absolute Gasteiger partial charge is 0.382 e. The number of nitrogen functional groups attached to an aromatic ring is 1. The van der Waals surface area contributed by atoms with Gasteiger partial charge < -0.3 is 25.6 Å². The Morgan fingerprint density at radius 1 is 1.00 bits per heavy atom. The molecule has 0 unspecified atom stereocenters. The second-order valence-electron chi connectivity index (χ2n) is 9.42. The van der Waals surface area contributed by atoms with E-state index in [2.05, 4.69) is 51.1 Å². The van der Waals surface area contributed by atoms with Crippen LogP contribution in [-0.4, -0.2) is 87.3 Å². The summed E-state index contributed by atoms with van der Waals surface area (Å²) in [7, 11) is 0. The molecule has 2 saturated heterocycles. The predicted octanol–water partition coefficient (Wildman–Crippen LogP) is 2.64. The van der Waals surface area contributed by atoms with E-state index in [4.69, 9.17) is 10.5 Å². The molecular formula is C27H31IN8O3. The first-order chi connectivity index (χ1) is 19.0. The molecule has 0 spiro atoms. The lowest BCUT2D eigenvalue weighted by atomic mass is 10.1. The molecule has 2 aliphatic rings. The average molecular weight is 643 g/mol. The second-order valence-corrected chi connectivity index (χ2v) is 10.8. The van der Waals surface area contributed by atoms with Crippen molar-refractivity contribution in [1.29, 1.82) is 0 Å². The van der Waals surface area contributed by atoms with E-state index in [1.807, 2.05) is 35.2 Å². The minimum atomic E-state index is -0.456. The Morgan fingerprint density at radius 3 is 2.49 bits per heavy atom. The van der Waals surface area contributed by atoms with Crippen LogP contribution in [0.4, 0.5) is 17.2 Å². The minimum absolute atomic E-state index is 0.0468. The fourth-order valence-corrected chi connectivity index (χ4v) is 5.06. The lowest BCUT2D eigenvalue weighted by Gasteiger charge is -2.31. The third-order valence-corrected chi connectivity index (χ3v) is 7.83. The number of amides is 2. The number of halogens is 1. The zero-order valence-electron chi connectivity index (χ0n) is 21.6. The van der Waals surface area contributed by atoms with Gasteiger partial charge in [-0.2, -0.15) is 0 Å². The maximum atomic E-state index is 13.2. The highest BCUT2D eigenvalue weighted by molar-refractivity contribution is 14.1. The number of nitrogens with two attached hydrogens (primary N) is 1. The van der Waals surface area contributed by atoms with Crippen LogP contribution in [-0.2, 0) is 16.0 Å². The molecule has 2 fully saturated rings. The second kappa shape index (κ2) is 12.7. The van der Waals surface area contributed by atoms with Crippen LogP contribution >= 0.6 is 22.9 Å². The van der Waals surface area contributed by atoms with Crippen molar-refractivity contribution in [3.05, 3.63) is 60.2 Å². The van der Waals surface area contributed by atoms with Gasteiger partial charge in [0.2, 0.25) is 5.91 Å². The summed E-state index contributed by atoms with van der Waals surface area (Å²) >= 11 is 2.30. The Balaban J connectivity index is 1.24. The third-order valence-electron chi connectivity index (χ3n) is 6.87. The topological polar surface area (TPSA) is 130 Å². The molecule has 5 rings (SSSR count). The number of morpholine rings is 1. The van der Waals surface area contributed by atoms with Crippen molar-refractivity contribution < 1.29 is 14.3 Å². The van der Waals surface area contributed by atoms with E-state index in [1.165, 1.54) is 0 Å². The van der Waals surface area contributed by atoms with Gasteiger partial charge in [-0.25, -0.2) is 13.1 Å². The van der Waals surface area contributed by atoms with E-state index in [9.17, 15) is 9.59 Å². The Hall–Kier alpha value is -3.36. The van der Waals surface area contributed by atoms with Crippen LogP contribution in [0, 0.1) is 0 Å². The molecule has 2 aliphatic heterocycles. The number of rotatable bonds is 7. The number of carbonyl (C=O) groups is 2. The first-order valence-electron chi connectivity index (χ1n) is 13.0. The average Bonchev–Trinajstić information content (AvgIpc) is 2.97.